The molecule has 86 valence electrons. The summed E-state index contributed by atoms with van der Waals surface area (Å²) in [4.78, 5) is 21.7. The van der Waals surface area contributed by atoms with Crippen molar-refractivity contribution in [3.05, 3.63) is 54.1 Å². The molecule has 0 saturated carbocycles. The van der Waals surface area contributed by atoms with E-state index in [9.17, 15) is 4.79 Å². The number of hydrogen-bond acceptors (Lipinski definition) is 4. The highest BCUT2D eigenvalue weighted by atomic mass is 16.1. The van der Waals surface area contributed by atoms with E-state index in [0.717, 1.165) is 5.69 Å². The fraction of sp³-hybridized carbons (Fsp3) is 0.154. The van der Waals surface area contributed by atoms with Crippen LogP contribution in [0.15, 0.2) is 42.9 Å². The Hall–Kier alpha value is -2.23. The Morgan fingerprint density at radius 3 is 2.35 bits per heavy atom. The first kappa shape index (κ1) is 11.3. The van der Waals surface area contributed by atoms with Gasteiger partial charge in [0.1, 0.15) is 12.0 Å². The lowest BCUT2D eigenvalue weighted by Gasteiger charge is -2.12. The van der Waals surface area contributed by atoms with Gasteiger partial charge in [-0.05, 0) is 30.3 Å². The molecule has 0 aliphatic carbocycles. The molecule has 0 aliphatic heterocycles. The molecule has 1 heterocycles. The molecule has 0 unspecified atom stereocenters. The smallest absolute Gasteiger partial charge is 0.211 e. The Morgan fingerprint density at radius 2 is 1.82 bits per heavy atom. The zero-order valence-corrected chi connectivity index (χ0v) is 9.79. The summed E-state index contributed by atoms with van der Waals surface area (Å²) >= 11 is 0. The summed E-state index contributed by atoms with van der Waals surface area (Å²) in [5, 5.41) is 0. The summed E-state index contributed by atoms with van der Waals surface area (Å²) < 4.78 is 0. The second-order valence-corrected chi connectivity index (χ2v) is 3.87. The molecule has 2 rings (SSSR count). The third-order valence-corrected chi connectivity index (χ3v) is 2.46. The van der Waals surface area contributed by atoms with Crippen LogP contribution in [0.1, 0.15) is 16.1 Å². The standard InChI is InChI=1S/C13H13N3O/c1-16(2)11-5-3-10(4-6-11)13(17)12-7-8-14-9-15-12/h3-9H,1-2H3. The van der Waals surface area contributed by atoms with Gasteiger partial charge in [-0.1, -0.05) is 0 Å². The molecule has 1 aromatic carbocycles. The number of aromatic nitrogens is 2. The first-order valence-corrected chi connectivity index (χ1v) is 5.26. The maximum Gasteiger partial charge on any atom is 0.211 e. The number of carbonyl (C=O) groups is 1. The van der Waals surface area contributed by atoms with Crippen molar-refractivity contribution in [2.75, 3.05) is 19.0 Å². The number of ketones is 1. The Balaban J connectivity index is 2.27. The summed E-state index contributed by atoms with van der Waals surface area (Å²) in [6, 6.07) is 9.05. The molecule has 0 spiro atoms. The van der Waals surface area contributed by atoms with Crippen molar-refractivity contribution in [2.24, 2.45) is 0 Å². The number of nitrogens with zero attached hydrogens (tertiary/aromatic N) is 3. The summed E-state index contributed by atoms with van der Waals surface area (Å²) in [6.45, 7) is 0. The zero-order valence-electron chi connectivity index (χ0n) is 9.79. The second-order valence-electron chi connectivity index (χ2n) is 3.87. The first-order chi connectivity index (χ1) is 8.18. The van der Waals surface area contributed by atoms with Gasteiger partial charge in [-0.25, -0.2) is 9.97 Å². The van der Waals surface area contributed by atoms with Crippen LogP contribution in [-0.2, 0) is 0 Å². The van der Waals surface area contributed by atoms with E-state index in [2.05, 4.69) is 9.97 Å². The Morgan fingerprint density at radius 1 is 1.12 bits per heavy atom. The van der Waals surface area contributed by atoms with E-state index in [4.69, 9.17) is 0 Å². The van der Waals surface area contributed by atoms with Crippen molar-refractivity contribution in [3.8, 4) is 0 Å². The third-order valence-electron chi connectivity index (χ3n) is 2.46. The second kappa shape index (κ2) is 4.74. The van der Waals surface area contributed by atoms with Crippen LogP contribution < -0.4 is 4.90 Å². The molecule has 0 bridgehead atoms. The molecule has 1 aromatic heterocycles. The summed E-state index contributed by atoms with van der Waals surface area (Å²) in [6.07, 6.45) is 2.94. The van der Waals surface area contributed by atoms with Gasteiger partial charge in [0.05, 0.1) is 0 Å². The monoisotopic (exact) mass is 227 g/mol. The van der Waals surface area contributed by atoms with Crippen LogP contribution >= 0.6 is 0 Å². The number of anilines is 1. The van der Waals surface area contributed by atoms with Crippen LogP contribution in [0.5, 0.6) is 0 Å². The van der Waals surface area contributed by atoms with Gasteiger partial charge in [0.2, 0.25) is 5.78 Å². The molecule has 4 nitrogen and oxygen atoms in total. The van der Waals surface area contributed by atoms with Gasteiger partial charge in [-0.15, -0.1) is 0 Å². The molecule has 0 N–H and O–H groups in total. The van der Waals surface area contributed by atoms with E-state index in [1.807, 2.05) is 31.1 Å². The van der Waals surface area contributed by atoms with Gasteiger partial charge in [0.25, 0.3) is 0 Å². The predicted molar refractivity (Wildman–Crippen MR) is 66.2 cm³/mol. The molecule has 0 atom stereocenters. The van der Waals surface area contributed by atoms with Gasteiger partial charge in [0.15, 0.2) is 0 Å². The minimum atomic E-state index is -0.0855. The van der Waals surface area contributed by atoms with Gasteiger partial charge in [-0.3, -0.25) is 4.79 Å². The van der Waals surface area contributed by atoms with E-state index in [1.54, 1.807) is 24.4 Å². The van der Waals surface area contributed by atoms with Crippen molar-refractivity contribution in [3.63, 3.8) is 0 Å². The molecular weight excluding hydrogens is 214 g/mol. The maximum atomic E-state index is 12.0. The quantitative estimate of drug-likeness (QED) is 0.750. The van der Waals surface area contributed by atoms with Crippen LogP contribution in [-0.4, -0.2) is 29.8 Å². The average molecular weight is 227 g/mol. The molecule has 0 aliphatic rings. The van der Waals surface area contributed by atoms with Gasteiger partial charge >= 0.3 is 0 Å². The predicted octanol–water partition coefficient (Wildman–Crippen LogP) is 1.77. The van der Waals surface area contributed by atoms with Crippen molar-refractivity contribution < 1.29 is 4.79 Å². The Kier molecular flexibility index (Phi) is 3.14. The van der Waals surface area contributed by atoms with Crippen LogP contribution in [0.2, 0.25) is 0 Å². The van der Waals surface area contributed by atoms with E-state index in [0.29, 0.717) is 11.3 Å². The minimum absolute atomic E-state index is 0.0855. The summed E-state index contributed by atoms with van der Waals surface area (Å²) in [5.41, 5.74) is 2.11. The van der Waals surface area contributed by atoms with Crippen molar-refractivity contribution >= 4 is 11.5 Å². The lowest BCUT2D eigenvalue weighted by atomic mass is 10.1. The van der Waals surface area contributed by atoms with Gasteiger partial charge < -0.3 is 4.90 Å². The number of carbonyl (C=O) groups excluding carboxylic acids is 1. The van der Waals surface area contributed by atoms with Crippen molar-refractivity contribution in [1.82, 2.24) is 9.97 Å². The molecule has 4 heteroatoms. The lowest BCUT2D eigenvalue weighted by molar-refractivity contribution is 0.103. The van der Waals surface area contributed by atoms with Crippen LogP contribution in [0.25, 0.3) is 0 Å². The van der Waals surface area contributed by atoms with E-state index in [-0.39, 0.29) is 5.78 Å². The highest BCUT2D eigenvalue weighted by molar-refractivity contribution is 6.07. The third kappa shape index (κ3) is 2.47. The van der Waals surface area contributed by atoms with Crippen LogP contribution in [0.3, 0.4) is 0 Å². The average Bonchev–Trinajstić information content (AvgIpc) is 2.39. The number of hydrogen-bond donors (Lipinski definition) is 0. The van der Waals surface area contributed by atoms with Gasteiger partial charge in [-0.2, -0.15) is 0 Å². The lowest BCUT2D eigenvalue weighted by Crippen LogP contribution is -2.09. The largest absolute Gasteiger partial charge is 0.378 e. The SMILES string of the molecule is CN(C)c1ccc(C(=O)c2ccncn2)cc1. The van der Waals surface area contributed by atoms with Crippen LogP contribution in [0.4, 0.5) is 5.69 Å². The van der Waals surface area contributed by atoms with Crippen molar-refractivity contribution in [1.29, 1.82) is 0 Å². The normalized spacial score (nSPS) is 10.0. The van der Waals surface area contributed by atoms with E-state index >= 15 is 0 Å². The molecule has 0 saturated heterocycles. The number of benzene rings is 1. The van der Waals surface area contributed by atoms with Gasteiger partial charge in [0, 0.05) is 31.5 Å². The van der Waals surface area contributed by atoms with E-state index in [1.165, 1.54) is 6.33 Å². The molecule has 0 fully saturated rings. The topological polar surface area (TPSA) is 46.1 Å². The molecule has 2 aromatic rings. The molecular formula is C13H13N3O. The molecule has 0 amide bonds. The molecule has 0 radical (unpaired) electrons. The highest BCUT2D eigenvalue weighted by Gasteiger charge is 2.09. The Bertz CT molecular complexity index is 506. The zero-order chi connectivity index (χ0) is 12.3. The highest BCUT2D eigenvalue weighted by Crippen LogP contribution is 2.14. The summed E-state index contributed by atoms with van der Waals surface area (Å²) in [5.74, 6) is -0.0855. The number of rotatable bonds is 3. The molecule has 17 heavy (non-hydrogen) atoms. The van der Waals surface area contributed by atoms with E-state index < -0.39 is 0 Å². The maximum absolute atomic E-state index is 12.0. The Labute approximate surface area is 99.9 Å². The van der Waals surface area contributed by atoms with Crippen molar-refractivity contribution in [2.45, 2.75) is 0 Å². The van der Waals surface area contributed by atoms with Crippen LogP contribution in [0, 0.1) is 0 Å². The fourth-order valence-corrected chi connectivity index (χ4v) is 1.48. The fourth-order valence-electron chi connectivity index (χ4n) is 1.48. The summed E-state index contributed by atoms with van der Waals surface area (Å²) in [7, 11) is 3.92. The first-order valence-electron chi connectivity index (χ1n) is 5.26. The minimum Gasteiger partial charge on any atom is -0.378 e.